The maximum Gasteiger partial charge on any atom is 0.247 e. The van der Waals surface area contributed by atoms with E-state index in [1.54, 1.807) is 0 Å². The second-order valence-electron chi connectivity index (χ2n) is 9.52. The molecule has 2 heterocycles. The minimum absolute atomic E-state index is 0.0456. The van der Waals surface area contributed by atoms with Crippen molar-refractivity contribution in [1.29, 1.82) is 0 Å². The summed E-state index contributed by atoms with van der Waals surface area (Å²) in [4.78, 5) is 2.52. The molecule has 4 aromatic rings. The Kier molecular flexibility index (Phi) is 3.80. The van der Waals surface area contributed by atoms with Gasteiger partial charge in [0.15, 0.2) is 0 Å². The van der Waals surface area contributed by atoms with Gasteiger partial charge in [-0.25, -0.2) is 0 Å². The second-order valence-corrected chi connectivity index (χ2v) is 9.52. The lowest BCUT2D eigenvalue weighted by molar-refractivity contribution is 0.632. The molecule has 0 fully saturated rings. The smallest absolute Gasteiger partial charge is 0.247 e. The van der Waals surface area contributed by atoms with Crippen molar-refractivity contribution >= 4 is 40.2 Å². The van der Waals surface area contributed by atoms with E-state index in [1.165, 1.54) is 55.7 Å². The molecular formula is C29H26BN. The van der Waals surface area contributed by atoms with E-state index in [1.807, 2.05) is 0 Å². The molecule has 0 bridgehead atoms. The van der Waals surface area contributed by atoms with E-state index in [0.717, 1.165) is 0 Å². The van der Waals surface area contributed by atoms with Gasteiger partial charge < -0.3 is 4.90 Å². The Bertz CT molecular complexity index is 1330. The third-order valence-corrected chi connectivity index (χ3v) is 7.41. The molecule has 0 N–H and O–H groups in total. The molecule has 0 saturated heterocycles. The van der Waals surface area contributed by atoms with Crippen molar-refractivity contribution in [2.24, 2.45) is 0 Å². The average Bonchev–Trinajstić information content (AvgIpc) is 2.77. The normalized spacial score (nSPS) is 15.2. The minimum Gasteiger partial charge on any atom is -0.311 e. The largest absolute Gasteiger partial charge is 0.311 e. The molecule has 2 aliphatic heterocycles. The van der Waals surface area contributed by atoms with Gasteiger partial charge in [-0.2, -0.15) is 0 Å². The van der Waals surface area contributed by atoms with Gasteiger partial charge in [0.25, 0.3) is 0 Å². The number of nitrogens with zero attached hydrogens (tertiary/aromatic N) is 1. The fourth-order valence-electron chi connectivity index (χ4n) is 5.96. The minimum atomic E-state index is -0.0456. The van der Waals surface area contributed by atoms with Crippen LogP contribution < -0.4 is 21.3 Å². The van der Waals surface area contributed by atoms with Crippen LogP contribution in [0.3, 0.4) is 0 Å². The lowest BCUT2D eigenvalue weighted by Crippen LogP contribution is -2.59. The van der Waals surface area contributed by atoms with Gasteiger partial charge in [0, 0.05) is 16.8 Å². The molecular weight excluding hydrogens is 373 g/mol. The fraction of sp³-hybridized carbons (Fsp3) is 0.172. The van der Waals surface area contributed by atoms with Crippen molar-refractivity contribution in [3.63, 3.8) is 0 Å². The molecule has 4 aromatic carbocycles. The molecule has 31 heavy (non-hydrogen) atoms. The van der Waals surface area contributed by atoms with Crippen LogP contribution >= 0.6 is 0 Å². The Balaban J connectivity index is 1.76. The van der Waals surface area contributed by atoms with Crippen LogP contribution in [0.4, 0.5) is 17.1 Å². The molecule has 0 saturated carbocycles. The van der Waals surface area contributed by atoms with Crippen LogP contribution in [0.2, 0.25) is 0 Å². The van der Waals surface area contributed by atoms with Crippen LogP contribution in [0.5, 0.6) is 0 Å². The number of fused-ring (bicyclic) bond motifs is 4. The number of para-hydroxylation sites is 3. The zero-order chi connectivity index (χ0) is 21.3. The number of hydrogen-bond donors (Lipinski definition) is 0. The van der Waals surface area contributed by atoms with Gasteiger partial charge in [-0.15, -0.1) is 0 Å². The first-order valence-electron chi connectivity index (χ1n) is 11.2. The van der Waals surface area contributed by atoms with Crippen LogP contribution in [0.15, 0.2) is 84.9 Å². The maximum absolute atomic E-state index is 2.52. The zero-order valence-electron chi connectivity index (χ0n) is 18.6. The van der Waals surface area contributed by atoms with Gasteiger partial charge in [0.05, 0.1) is 5.69 Å². The van der Waals surface area contributed by atoms with Crippen LogP contribution in [-0.2, 0) is 5.41 Å². The standard InChI is InChI=1S/C29H26BN/c1-19-11-9-12-20(2)27(19)30-23-15-6-8-18-26(23)31-25-17-7-5-13-21(25)29(3,4)22-14-10-16-24(30)28(22)31/h5-18H,1-4H3. The van der Waals surface area contributed by atoms with Crippen LogP contribution in [0.1, 0.15) is 36.1 Å². The molecule has 0 atom stereocenters. The molecule has 150 valence electrons. The first-order chi connectivity index (χ1) is 15.0. The van der Waals surface area contributed by atoms with Gasteiger partial charge in [-0.05, 0) is 48.0 Å². The number of hydrogen-bond acceptors (Lipinski definition) is 1. The van der Waals surface area contributed by atoms with E-state index in [2.05, 4.69) is 118 Å². The third-order valence-electron chi connectivity index (χ3n) is 7.41. The molecule has 0 aromatic heterocycles. The van der Waals surface area contributed by atoms with Crippen molar-refractivity contribution in [2.75, 3.05) is 4.90 Å². The van der Waals surface area contributed by atoms with Crippen molar-refractivity contribution in [2.45, 2.75) is 33.1 Å². The van der Waals surface area contributed by atoms with E-state index in [9.17, 15) is 0 Å². The van der Waals surface area contributed by atoms with Crippen molar-refractivity contribution in [1.82, 2.24) is 0 Å². The average molecular weight is 399 g/mol. The highest BCUT2D eigenvalue weighted by atomic mass is 15.2. The highest BCUT2D eigenvalue weighted by Gasteiger charge is 2.44. The quantitative estimate of drug-likeness (QED) is 0.349. The predicted molar refractivity (Wildman–Crippen MR) is 134 cm³/mol. The van der Waals surface area contributed by atoms with Gasteiger partial charge in [-0.3, -0.25) is 0 Å². The summed E-state index contributed by atoms with van der Waals surface area (Å²) in [6.45, 7) is 9.49. The lowest BCUT2D eigenvalue weighted by Gasteiger charge is -2.47. The number of aryl methyl sites for hydroxylation is 2. The predicted octanol–water partition coefficient (Wildman–Crippen LogP) is 5.24. The summed E-state index contributed by atoms with van der Waals surface area (Å²) >= 11 is 0. The molecule has 2 heteroatoms. The Morgan fingerprint density at radius 3 is 1.97 bits per heavy atom. The Morgan fingerprint density at radius 2 is 1.19 bits per heavy atom. The van der Waals surface area contributed by atoms with E-state index in [4.69, 9.17) is 0 Å². The SMILES string of the molecule is Cc1cccc(C)c1B1c2ccccc2N2c3ccccc3C(C)(C)c3cccc1c32. The number of rotatable bonds is 1. The lowest BCUT2D eigenvalue weighted by atomic mass is 9.33. The second kappa shape index (κ2) is 6.37. The molecule has 0 spiro atoms. The van der Waals surface area contributed by atoms with Gasteiger partial charge in [0.1, 0.15) is 0 Å². The van der Waals surface area contributed by atoms with E-state index in [-0.39, 0.29) is 12.1 Å². The van der Waals surface area contributed by atoms with Gasteiger partial charge in [0.2, 0.25) is 6.71 Å². The first kappa shape index (κ1) is 18.5. The summed E-state index contributed by atoms with van der Waals surface area (Å²) in [7, 11) is 0. The molecule has 0 aliphatic carbocycles. The number of anilines is 3. The van der Waals surface area contributed by atoms with Crippen LogP contribution in [0.25, 0.3) is 0 Å². The summed E-state index contributed by atoms with van der Waals surface area (Å²) in [5, 5.41) is 0. The molecule has 0 unspecified atom stereocenters. The topological polar surface area (TPSA) is 3.24 Å². The molecule has 2 aliphatic rings. The Morgan fingerprint density at radius 1 is 0.613 bits per heavy atom. The van der Waals surface area contributed by atoms with Crippen LogP contribution in [-0.4, -0.2) is 6.71 Å². The highest BCUT2D eigenvalue weighted by Crippen LogP contribution is 2.51. The van der Waals surface area contributed by atoms with Crippen molar-refractivity contribution in [3.8, 4) is 0 Å². The van der Waals surface area contributed by atoms with E-state index < -0.39 is 0 Å². The summed E-state index contributed by atoms with van der Waals surface area (Å²) in [5.41, 5.74) is 13.7. The van der Waals surface area contributed by atoms with Gasteiger partial charge in [-0.1, -0.05) is 103 Å². The highest BCUT2D eigenvalue weighted by molar-refractivity contribution is 6.98. The van der Waals surface area contributed by atoms with E-state index in [0.29, 0.717) is 0 Å². The monoisotopic (exact) mass is 399 g/mol. The van der Waals surface area contributed by atoms with Crippen molar-refractivity contribution in [3.05, 3.63) is 107 Å². The third kappa shape index (κ3) is 2.39. The summed E-state index contributed by atoms with van der Waals surface area (Å²) in [6.07, 6.45) is 0. The molecule has 0 amide bonds. The fourth-order valence-corrected chi connectivity index (χ4v) is 5.96. The maximum atomic E-state index is 2.52. The van der Waals surface area contributed by atoms with Crippen LogP contribution in [0, 0.1) is 13.8 Å². The Labute approximate surface area is 185 Å². The Hall–Kier alpha value is -3.26. The molecule has 1 nitrogen and oxygen atoms in total. The molecule has 0 radical (unpaired) electrons. The zero-order valence-corrected chi connectivity index (χ0v) is 18.6. The summed E-state index contributed by atoms with van der Waals surface area (Å²) < 4.78 is 0. The molecule has 6 rings (SSSR count). The first-order valence-corrected chi connectivity index (χ1v) is 11.2. The van der Waals surface area contributed by atoms with Gasteiger partial charge >= 0.3 is 0 Å². The number of benzene rings is 4. The van der Waals surface area contributed by atoms with Crippen molar-refractivity contribution < 1.29 is 0 Å². The summed E-state index contributed by atoms with van der Waals surface area (Å²) in [6, 6.07) is 31.5. The summed E-state index contributed by atoms with van der Waals surface area (Å²) in [5.74, 6) is 0. The van der Waals surface area contributed by atoms with E-state index >= 15 is 0 Å².